The van der Waals surface area contributed by atoms with Crippen LogP contribution in [0.25, 0.3) is 0 Å². The molecule has 1 aromatic rings. The van der Waals surface area contributed by atoms with Gasteiger partial charge in [0.1, 0.15) is 0 Å². The number of ether oxygens (including phenoxy) is 1. The second-order valence-corrected chi connectivity index (χ2v) is 5.81. The summed E-state index contributed by atoms with van der Waals surface area (Å²) in [6.45, 7) is 7.61. The Hall–Kier alpha value is -0.860. The van der Waals surface area contributed by atoms with E-state index in [0.717, 1.165) is 13.0 Å². The van der Waals surface area contributed by atoms with Crippen LogP contribution in [0.15, 0.2) is 18.2 Å². The lowest BCUT2D eigenvalue weighted by molar-refractivity contribution is -0.0978. The Bertz CT molecular complexity index is 398. The number of aryl methyl sites for hydroxylation is 2. The van der Waals surface area contributed by atoms with E-state index < -0.39 is 0 Å². The van der Waals surface area contributed by atoms with E-state index in [-0.39, 0.29) is 5.60 Å². The van der Waals surface area contributed by atoms with Crippen molar-refractivity contribution in [2.75, 3.05) is 13.7 Å². The monoisotopic (exact) mass is 261 g/mol. The zero-order valence-corrected chi connectivity index (χ0v) is 12.8. The second-order valence-electron chi connectivity index (χ2n) is 5.81. The highest BCUT2D eigenvalue weighted by atomic mass is 16.5. The summed E-state index contributed by atoms with van der Waals surface area (Å²) in [4.78, 5) is 0. The van der Waals surface area contributed by atoms with Crippen molar-refractivity contribution in [3.05, 3.63) is 34.9 Å². The van der Waals surface area contributed by atoms with E-state index in [1.807, 2.05) is 7.11 Å². The molecule has 106 valence electrons. The van der Waals surface area contributed by atoms with Gasteiger partial charge in [0.05, 0.1) is 5.60 Å². The lowest BCUT2D eigenvalue weighted by atomic mass is 9.72. The molecule has 1 aromatic carbocycles. The molecular formula is C17H27NO. The summed E-state index contributed by atoms with van der Waals surface area (Å²) in [7, 11) is 1.87. The van der Waals surface area contributed by atoms with Crippen molar-refractivity contribution in [3.63, 3.8) is 0 Å². The summed E-state index contributed by atoms with van der Waals surface area (Å²) < 4.78 is 5.88. The molecule has 0 heterocycles. The Morgan fingerprint density at radius 2 is 1.89 bits per heavy atom. The molecule has 0 amide bonds. The van der Waals surface area contributed by atoms with Crippen LogP contribution in [0, 0.1) is 13.8 Å². The molecule has 1 N–H and O–H groups in total. The minimum atomic E-state index is 0.0602. The Morgan fingerprint density at radius 1 is 1.26 bits per heavy atom. The lowest BCUT2D eigenvalue weighted by Crippen LogP contribution is -2.57. The van der Waals surface area contributed by atoms with Crippen molar-refractivity contribution < 1.29 is 4.74 Å². The van der Waals surface area contributed by atoms with Gasteiger partial charge in [0.15, 0.2) is 0 Å². The third-order valence-electron chi connectivity index (χ3n) is 4.74. The smallest absolute Gasteiger partial charge is 0.0834 e. The van der Waals surface area contributed by atoms with Crippen molar-refractivity contribution in [2.24, 2.45) is 0 Å². The van der Waals surface area contributed by atoms with Gasteiger partial charge >= 0.3 is 0 Å². The highest BCUT2D eigenvalue weighted by Crippen LogP contribution is 2.39. The topological polar surface area (TPSA) is 21.3 Å². The zero-order valence-electron chi connectivity index (χ0n) is 12.8. The number of hydrogen-bond acceptors (Lipinski definition) is 2. The number of likely N-dealkylation sites (N-methyl/N-ethyl adjacent to an activating group) is 1. The Morgan fingerprint density at radius 3 is 2.32 bits per heavy atom. The quantitative estimate of drug-likeness (QED) is 0.847. The summed E-state index contributed by atoms with van der Waals surface area (Å²) in [6, 6.07) is 7.00. The van der Waals surface area contributed by atoms with Crippen molar-refractivity contribution in [1.82, 2.24) is 5.32 Å². The normalized spacial score (nSPS) is 18.9. The van der Waals surface area contributed by atoms with Crippen LogP contribution in [-0.4, -0.2) is 25.3 Å². The number of nitrogens with one attached hydrogen (secondary N) is 1. The van der Waals surface area contributed by atoms with Crippen molar-refractivity contribution >= 4 is 0 Å². The van der Waals surface area contributed by atoms with E-state index in [1.54, 1.807) is 0 Å². The summed E-state index contributed by atoms with van der Waals surface area (Å²) in [5, 5.41) is 3.65. The third kappa shape index (κ3) is 2.85. The Kier molecular flexibility index (Phi) is 4.64. The molecular weight excluding hydrogens is 234 g/mol. The third-order valence-corrected chi connectivity index (χ3v) is 4.74. The molecule has 1 aliphatic rings. The summed E-state index contributed by atoms with van der Waals surface area (Å²) in [5.41, 5.74) is 4.34. The fourth-order valence-electron chi connectivity index (χ4n) is 3.29. The zero-order chi connectivity index (χ0) is 13.9. The van der Waals surface area contributed by atoms with E-state index in [9.17, 15) is 0 Å². The standard InChI is InChI=1S/C17H27NO/c1-5-18-16(17(19-4)10-7-11-17)12-15-13(2)8-6-9-14(15)3/h6,8-9,16,18H,5,7,10-12H2,1-4H3. The molecule has 0 radical (unpaired) electrons. The predicted octanol–water partition coefficient (Wildman–Crippen LogP) is 3.39. The van der Waals surface area contributed by atoms with E-state index >= 15 is 0 Å². The Labute approximate surface area is 117 Å². The average molecular weight is 261 g/mol. The largest absolute Gasteiger partial charge is 0.377 e. The maximum absolute atomic E-state index is 5.88. The van der Waals surface area contributed by atoms with Gasteiger partial charge in [0.2, 0.25) is 0 Å². The molecule has 2 heteroatoms. The van der Waals surface area contributed by atoms with Crippen LogP contribution >= 0.6 is 0 Å². The molecule has 1 saturated carbocycles. The van der Waals surface area contributed by atoms with Crippen molar-refractivity contribution in [1.29, 1.82) is 0 Å². The predicted molar refractivity (Wildman–Crippen MR) is 80.7 cm³/mol. The first-order chi connectivity index (χ1) is 9.13. The van der Waals surface area contributed by atoms with Gasteiger partial charge in [-0.05, 0) is 62.8 Å². The van der Waals surface area contributed by atoms with Gasteiger partial charge in [0.25, 0.3) is 0 Å². The second kappa shape index (κ2) is 6.06. The van der Waals surface area contributed by atoms with Crippen LogP contribution in [0.1, 0.15) is 42.9 Å². The number of hydrogen-bond donors (Lipinski definition) is 1. The van der Waals surface area contributed by atoms with Crippen molar-refractivity contribution in [2.45, 2.75) is 58.1 Å². The van der Waals surface area contributed by atoms with Crippen LogP contribution in [0.5, 0.6) is 0 Å². The fraction of sp³-hybridized carbons (Fsp3) is 0.647. The maximum atomic E-state index is 5.88. The molecule has 1 fully saturated rings. The van der Waals surface area contributed by atoms with E-state index in [1.165, 1.54) is 36.0 Å². The average Bonchev–Trinajstić information content (AvgIpc) is 2.33. The molecule has 1 aliphatic carbocycles. The molecule has 1 atom stereocenters. The Balaban J connectivity index is 2.21. The molecule has 0 aromatic heterocycles. The fourth-order valence-corrected chi connectivity index (χ4v) is 3.29. The van der Waals surface area contributed by atoms with E-state index in [4.69, 9.17) is 4.74 Å². The first kappa shape index (κ1) is 14.5. The van der Waals surface area contributed by atoms with Crippen LogP contribution < -0.4 is 5.32 Å². The molecule has 0 aliphatic heterocycles. The number of methoxy groups -OCH3 is 1. The molecule has 2 rings (SSSR count). The first-order valence-corrected chi connectivity index (χ1v) is 7.46. The highest BCUT2D eigenvalue weighted by Gasteiger charge is 2.44. The number of benzene rings is 1. The highest BCUT2D eigenvalue weighted by molar-refractivity contribution is 5.34. The van der Waals surface area contributed by atoms with Gasteiger partial charge in [-0.3, -0.25) is 0 Å². The summed E-state index contributed by atoms with van der Waals surface area (Å²) >= 11 is 0. The van der Waals surface area contributed by atoms with Crippen LogP contribution in [-0.2, 0) is 11.2 Å². The lowest BCUT2D eigenvalue weighted by Gasteiger charge is -2.47. The maximum Gasteiger partial charge on any atom is 0.0834 e. The summed E-state index contributed by atoms with van der Waals surface area (Å²) in [6.07, 6.45) is 4.74. The van der Waals surface area contributed by atoms with E-state index in [2.05, 4.69) is 44.3 Å². The molecule has 2 nitrogen and oxygen atoms in total. The number of rotatable bonds is 6. The van der Waals surface area contributed by atoms with Gasteiger partial charge in [-0.2, -0.15) is 0 Å². The molecule has 1 unspecified atom stereocenters. The minimum Gasteiger partial charge on any atom is -0.377 e. The first-order valence-electron chi connectivity index (χ1n) is 7.46. The van der Waals surface area contributed by atoms with Gasteiger partial charge in [-0.15, -0.1) is 0 Å². The molecule has 19 heavy (non-hydrogen) atoms. The molecule has 0 bridgehead atoms. The van der Waals surface area contributed by atoms with Gasteiger partial charge in [-0.1, -0.05) is 25.1 Å². The van der Waals surface area contributed by atoms with Crippen LogP contribution in [0.4, 0.5) is 0 Å². The van der Waals surface area contributed by atoms with Crippen molar-refractivity contribution in [3.8, 4) is 0 Å². The van der Waals surface area contributed by atoms with Gasteiger partial charge in [0, 0.05) is 13.2 Å². The van der Waals surface area contributed by atoms with Crippen LogP contribution in [0.3, 0.4) is 0 Å². The molecule has 0 saturated heterocycles. The van der Waals surface area contributed by atoms with Gasteiger partial charge in [-0.25, -0.2) is 0 Å². The molecule has 0 spiro atoms. The van der Waals surface area contributed by atoms with Gasteiger partial charge < -0.3 is 10.1 Å². The minimum absolute atomic E-state index is 0.0602. The van der Waals surface area contributed by atoms with Crippen LogP contribution in [0.2, 0.25) is 0 Å². The van der Waals surface area contributed by atoms with E-state index in [0.29, 0.717) is 6.04 Å². The SMILES string of the molecule is CCNC(Cc1c(C)cccc1C)C1(OC)CCC1. The summed E-state index contributed by atoms with van der Waals surface area (Å²) in [5.74, 6) is 0.